The summed E-state index contributed by atoms with van der Waals surface area (Å²) in [6.45, 7) is 1.86. The van der Waals surface area contributed by atoms with Crippen LogP contribution < -0.4 is 4.74 Å². The lowest BCUT2D eigenvalue weighted by Crippen LogP contribution is -2.23. The molecule has 16 heavy (non-hydrogen) atoms. The van der Waals surface area contributed by atoms with Gasteiger partial charge in [-0.1, -0.05) is 6.07 Å². The summed E-state index contributed by atoms with van der Waals surface area (Å²) in [5, 5.41) is 0. The molecule has 0 aliphatic rings. The van der Waals surface area contributed by atoms with E-state index in [1.165, 1.54) is 13.2 Å². The Morgan fingerprint density at radius 2 is 2.12 bits per heavy atom. The molecule has 0 N–H and O–H groups in total. The van der Waals surface area contributed by atoms with Gasteiger partial charge in [0.25, 0.3) is 0 Å². The average molecular weight is 243 g/mol. The van der Waals surface area contributed by atoms with E-state index in [9.17, 15) is 4.39 Å². The average Bonchev–Trinajstić information content (AvgIpc) is 2.27. The fourth-order valence-corrected chi connectivity index (χ4v) is 1.81. The van der Waals surface area contributed by atoms with Gasteiger partial charge >= 0.3 is 0 Å². The van der Waals surface area contributed by atoms with Crippen LogP contribution in [0.2, 0.25) is 0 Å². The van der Waals surface area contributed by atoms with Crippen molar-refractivity contribution in [2.24, 2.45) is 0 Å². The molecular weight excluding hydrogens is 225 g/mol. The van der Waals surface area contributed by atoms with E-state index >= 15 is 0 Å². The van der Waals surface area contributed by atoms with E-state index in [0.29, 0.717) is 5.75 Å². The molecule has 0 saturated heterocycles. The van der Waals surface area contributed by atoms with Crippen LogP contribution >= 0.6 is 12.6 Å². The molecular formula is C12H18FNOS. The van der Waals surface area contributed by atoms with Crippen LogP contribution in [-0.2, 0) is 6.42 Å². The van der Waals surface area contributed by atoms with E-state index in [0.717, 1.165) is 30.8 Å². The van der Waals surface area contributed by atoms with Crippen molar-refractivity contribution < 1.29 is 9.13 Å². The first kappa shape index (κ1) is 13.3. The Morgan fingerprint density at radius 3 is 2.69 bits per heavy atom. The maximum atomic E-state index is 13.4. The normalized spacial score (nSPS) is 10.8. The van der Waals surface area contributed by atoms with Crippen LogP contribution in [0.1, 0.15) is 5.56 Å². The summed E-state index contributed by atoms with van der Waals surface area (Å²) in [7, 11) is 3.51. The quantitative estimate of drug-likeness (QED) is 0.769. The molecule has 4 heteroatoms. The lowest BCUT2D eigenvalue weighted by Gasteiger charge is -2.15. The van der Waals surface area contributed by atoms with Crippen LogP contribution in [0.3, 0.4) is 0 Å². The van der Waals surface area contributed by atoms with Gasteiger partial charge in [0.2, 0.25) is 0 Å². The zero-order valence-electron chi connectivity index (χ0n) is 9.74. The molecule has 0 aliphatic heterocycles. The first-order valence-electron chi connectivity index (χ1n) is 5.29. The van der Waals surface area contributed by atoms with Crippen LogP contribution in [0.5, 0.6) is 5.75 Å². The van der Waals surface area contributed by atoms with Gasteiger partial charge in [0.1, 0.15) is 0 Å². The molecule has 0 fully saturated rings. The molecule has 0 unspecified atom stereocenters. The van der Waals surface area contributed by atoms with Gasteiger partial charge in [-0.25, -0.2) is 4.39 Å². The summed E-state index contributed by atoms with van der Waals surface area (Å²) in [6, 6.07) is 5.10. The molecule has 0 aromatic heterocycles. The summed E-state index contributed by atoms with van der Waals surface area (Å²) < 4.78 is 18.2. The predicted octanol–water partition coefficient (Wildman–Crippen LogP) is 2.24. The van der Waals surface area contributed by atoms with Crippen molar-refractivity contribution in [3.63, 3.8) is 0 Å². The number of likely N-dealkylation sites (N-methyl/N-ethyl adjacent to an activating group) is 1. The molecule has 0 spiro atoms. The Hall–Kier alpha value is -0.740. The van der Waals surface area contributed by atoms with Gasteiger partial charge in [0.15, 0.2) is 11.6 Å². The predicted molar refractivity (Wildman–Crippen MR) is 68.0 cm³/mol. The van der Waals surface area contributed by atoms with Gasteiger partial charge in [-0.05, 0) is 31.2 Å². The van der Waals surface area contributed by atoms with Gasteiger partial charge in [0.05, 0.1) is 7.11 Å². The molecule has 0 heterocycles. The van der Waals surface area contributed by atoms with Crippen molar-refractivity contribution in [1.82, 2.24) is 4.90 Å². The van der Waals surface area contributed by atoms with E-state index < -0.39 is 0 Å². The minimum Gasteiger partial charge on any atom is -0.494 e. The zero-order chi connectivity index (χ0) is 12.0. The topological polar surface area (TPSA) is 12.5 Å². The van der Waals surface area contributed by atoms with Crippen molar-refractivity contribution in [2.45, 2.75) is 6.42 Å². The van der Waals surface area contributed by atoms with Crippen LogP contribution in [-0.4, -0.2) is 37.9 Å². The van der Waals surface area contributed by atoms with E-state index in [4.69, 9.17) is 4.74 Å². The Labute approximate surface area is 102 Å². The van der Waals surface area contributed by atoms with E-state index in [-0.39, 0.29) is 5.82 Å². The second-order valence-electron chi connectivity index (χ2n) is 3.75. The largest absolute Gasteiger partial charge is 0.494 e. The Kier molecular flexibility index (Phi) is 5.63. The molecule has 0 amide bonds. The Balaban J connectivity index is 2.51. The summed E-state index contributed by atoms with van der Waals surface area (Å²) in [5.74, 6) is 0.845. The highest BCUT2D eigenvalue weighted by molar-refractivity contribution is 7.80. The molecule has 90 valence electrons. The third-order valence-corrected chi connectivity index (χ3v) is 2.68. The zero-order valence-corrected chi connectivity index (χ0v) is 10.6. The van der Waals surface area contributed by atoms with Crippen LogP contribution in [0.15, 0.2) is 18.2 Å². The van der Waals surface area contributed by atoms with Crippen molar-refractivity contribution in [1.29, 1.82) is 0 Å². The summed E-state index contributed by atoms with van der Waals surface area (Å²) in [6.07, 6.45) is 0.838. The third kappa shape index (κ3) is 4.02. The number of benzene rings is 1. The van der Waals surface area contributed by atoms with E-state index in [1.54, 1.807) is 6.07 Å². The molecule has 0 saturated carbocycles. The Bertz CT molecular complexity index is 333. The molecule has 0 radical (unpaired) electrons. The van der Waals surface area contributed by atoms with Gasteiger partial charge in [0, 0.05) is 18.8 Å². The molecule has 0 bridgehead atoms. The van der Waals surface area contributed by atoms with Gasteiger partial charge in [-0.2, -0.15) is 12.6 Å². The maximum Gasteiger partial charge on any atom is 0.165 e. The fraction of sp³-hybridized carbons (Fsp3) is 0.500. The fourth-order valence-electron chi connectivity index (χ4n) is 1.47. The number of methoxy groups -OCH3 is 1. The van der Waals surface area contributed by atoms with E-state index in [2.05, 4.69) is 17.5 Å². The molecule has 1 aromatic rings. The third-order valence-electron chi connectivity index (χ3n) is 2.48. The number of ether oxygens (including phenoxy) is 1. The van der Waals surface area contributed by atoms with E-state index in [1.807, 2.05) is 13.1 Å². The lowest BCUT2D eigenvalue weighted by atomic mass is 10.1. The minimum atomic E-state index is -0.295. The summed E-state index contributed by atoms with van der Waals surface area (Å²) in [5.41, 5.74) is 0.990. The first-order chi connectivity index (χ1) is 7.67. The number of halogens is 1. The smallest absolute Gasteiger partial charge is 0.165 e. The highest BCUT2D eigenvalue weighted by Crippen LogP contribution is 2.17. The first-order valence-corrected chi connectivity index (χ1v) is 5.92. The highest BCUT2D eigenvalue weighted by Gasteiger charge is 2.04. The second kappa shape index (κ2) is 6.76. The lowest BCUT2D eigenvalue weighted by molar-refractivity contribution is 0.359. The SMILES string of the molecule is COc1ccc(CCN(C)CCS)cc1F. The van der Waals surface area contributed by atoms with Gasteiger partial charge < -0.3 is 9.64 Å². The standard InChI is InChI=1S/C12H18FNOS/c1-14(7-8-16)6-5-10-3-4-12(15-2)11(13)9-10/h3-4,9,16H,5-8H2,1-2H3. The second-order valence-corrected chi connectivity index (χ2v) is 4.19. The minimum absolute atomic E-state index is 0.295. The monoisotopic (exact) mass is 243 g/mol. The Morgan fingerprint density at radius 1 is 1.38 bits per heavy atom. The highest BCUT2D eigenvalue weighted by atomic mass is 32.1. The number of nitrogens with zero attached hydrogens (tertiary/aromatic N) is 1. The molecule has 2 nitrogen and oxygen atoms in total. The van der Waals surface area contributed by atoms with Crippen LogP contribution in [0, 0.1) is 5.82 Å². The van der Waals surface area contributed by atoms with Crippen molar-refractivity contribution in [3.05, 3.63) is 29.6 Å². The molecule has 1 aromatic carbocycles. The van der Waals surface area contributed by atoms with Crippen molar-refractivity contribution in [2.75, 3.05) is 33.0 Å². The summed E-state index contributed by atoms with van der Waals surface area (Å²) in [4.78, 5) is 2.18. The molecule has 0 atom stereocenters. The number of rotatable bonds is 6. The van der Waals surface area contributed by atoms with Crippen LogP contribution in [0.4, 0.5) is 4.39 Å². The van der Waals surface area contributed by atoms with Crippen LogP contribution in [0.25, 0.3) is 0 Å². The van der Waals surface area contributed by atoms with Gasteiger partial charge in [-0.15, -0.1) is 0 Å². The van der Waals surface area contributed by atoms with Crippen molar-refractivity contribution >= 4 is 12.6 Å². The number of hydrogen-bond donors (Lipinski definition) is 1. The number of thiol groups is 1. The summed E-state index contributed by atoms with van der Waals surface area (Å²) >= 11 is 4.16. The maximum absolute atomic E-state index is 13.4. The molecule has 1 rings (SSSR count). The van der Waals surface area contributed by atoms with Gasteiger partial charge in [-0.3, -0.25) is 0 Å². The van der Waals surface area contributed by atoms with Crippen molar-refractivity contribution in [3.8, 4) is 5.75 Å². The molecule has 0 aliphatic carbocycles. The number of hydrogen-bond acceptors (Lipinski definition) is 3.